The van der Waals surface area contributed by atoms with Gasteiger partial charge in [-0.2, -0.15) is 0 Å². The van der Waals surface area contributed by atoms with Crippen LogP contribution < -0.4 is 0 Å². The predicted octanol–water partition coefficient (Wildman–Crippen LogP) is 0.917. The molecule has 1 rings (SSSR count). The lowest BCUT2D eigenvalue weighted by Gasteiger charge is -2.13. The van der Waals surface area contributed by atoms with Gasteiger partial charge in [0.2, 0.25) is 5.91 Å². The van der Waals surface area contributed by atoms with Gasteiger partial charge in [0.05, 0.1) is 0 Å². The van der Waals surface area contributed by atoms with Gasteiger partial charge in [-0.25, -0.2) is 0 Å². The first-order valence-electron chi connectivity index (χ1n) is 4.16. The highest BCUT2D eigenvalue weighted by molar-refractivity contribution is 5.79. The maximum atomic E-state index is 10.8. The van der Waals surface area contributed by atoms with Crippen molar-refractivity contribution in [3.8, 4) is 0 Å². The molecule has 0 aliphatic rings. The molecule has 0 saturated carbocycles. The summed E-state index contributed by atoms with van der Waals surface area (Å²) in [6.45, 7) is 4.03. The Morgan fingerprint density at radius 1 is 1.54 bits per heavy atom. The summed E-state index contributed by atoms with van der Waals surface area (Å²) in [6.07, 6.45) is 4.35. The summed E-state index contributed by atoms with van der Waals surface area (Å²) in [4.78, 5) is 16.3. The minimum atomic E-state index is -0.144. The van der Waals surface area contributed by atoms with Gasteiger partial charge in [0.15, 0.2) is 0 Å². The molecule has 0 N–H and O–H groups in total. The molecule has 1 aromatic rings. The van der Waals surface area contributed by atoms with E-state index in [4.69, 9.17) is 0 Å². The maximum Gasteiger partial charge on any atom is 0.222 e. The lowest BCUT2D eigenvalue weighted by Crippen LogP contribution is -2.26. The second-order valence-electron chi connectivity index (χ2n) is 2.92. The molecule has 1 heterocycles. The Labute approximate surface area is 78.4 Å². The molecule has 0 spiro atoms. The van der Waals surface area contributed by atoms with E-state index < -0.39 is 0 Å². The van der Waals surface area contributed by atoms with Gasteiger partial charge in [0.1, 0.15) is 0 Å². The largest absolute Gasteiger partial charge is 0.345 e. The van der Waals surface area contributed by atoms with Crippen LogP contribution in [0.2, 0.25) is 0 Å². The SMILES string of the molecule is [CH2]C(=O)N(C)CCc1ccncc1. The summed E-state index contributed by atoms with van der Waals surface area (Å²) in [6, 6.07) is 3.89. The molecular weight excluding hydrogens is 164 g/mol. The van der Waals surface area contributed by atoms with Crippen molar-refractivity contribution in [1.82, 2.24) is 9.88 Å². The zero-order chi connectivity index (χ0) is 9.68. The van der Waals surface area contributed by atoms with E-state index in [-0.39, 0.29) is 5.91 Å². The van der Waals surface area contributed by atoms with Gasteiger partial charge in [0, 0.05) is 32.9 Å². The Kier molecular flexibility index (Phi) is 3.43. The zero-order valence-electron chi connectivity index (χ0n) is 7.73. The normalized spacial score (nSPS) is 9.69. The van der Waals surface area contributed by atoms with Crippen molar-refractivity contribution in [3.63, 3.8) is 0 Å². The molecule has 1 aromatic heterocycles. The highest BCUT2D eigenvalue weighted by atomic mass is 16.2. The Hall–Kier alpha value is -1.38. The monoisotopic (exact) mass is 177 g/mol. The zero-order valence-corrected chi connectivity index (χ0v) is 7.73. The van der Waals surface area contributed by atoms with Crippen LogP contribution in [0, 0.1) is 6.92 Å². The Bertz CT molecular complexity index is 272. The molecule has 0 aliphatic carbocycles. The minimum Gasteiger partial charge on any atom is -0.345 e. The van der Waals surface area contributed by atoms with E-state index in [1.54, 1.807) is 24.3 Å². The summed E-state index contributed by atoms with van der Waals surface area (Å²) >= 11 is 0. The molecule has 0 unspecified atom stereocenters. The molecule has 0 saturated heterocycles. The molecule has 0 fully saturated rings. The second-order valence-corrected chi connectivity index (χ2v) is 2.92. The number of hydrogen-bond acceptors (Lipinski definition) is 2. The highest BCUT2D eigenvalue weighted by Gasteiger charge is 2.01. The third-order valence-electron chi connectivity index (χ3n) is 1.91. The Morgan fingerprint density at radius 2 is 2.15 bits per heavy atom. The van der Waals surface area contributed by atoms with Crippen LogP contribution in [0.4, 0.5) is 0 Å². The van der Waals surface area contributed by atoms with Crippen LogP contribution in [0.1, 0.15) is 5.56 Å². The topological polar surface area (TPSA) is 33.2 Å². The average Bonchev–Trinajstić information content (AvgIpc) is 2.15. The smallest absolute Gasteiger partial charge is 0.222 e. The molecule has 3 heteroatoms. The van der Waals surface area contributed by atoms with Gasteiger partial charge in [-0.1, -0.05) is 0 Å². The van der Waals surface area contributed by atoms with Crippen LogP contribution in [0.25, 0.3) is 0 Å². The number of pyridine rings is 1. The molecule has 1 radical (unpaired) electrons. The maximum absolute atomic E-state index is 10.8. The number of amides is 1. The molecule has 69 valence electrons. The number of nitrogens with zero attached hydrogens (tertiary/aromatic N) is 2. The summed E-state index contributed by atoms with van der Waals surface area (Å²) in [5.74, 6) is -0.144. The fourth-order valence-electron chi connectivity index (χ4n) is 0.971. The van der Waals surface area contributed by atoms with Gasteiger partial charge < -0.3 is 4.90 Å². The third kappa shape index (κ3) is 3.23. The van der Waals surface area contributed by atoms with Crippen molar-refractivity contribution in [2.24, 2.45) is 0 Å². The first-order chi connectivity index (χ1) is 6.20. The molecule has 1 amide bonds. The third-order valence-corrected chi connectivity index (χ3v) is 1.91. The molecule has 0 atom stereocenters. The predicted molar refractivity (Wildman–Crippen MR) is 50.9 cm³/mol. The Morgan fingerprint density at radius 3 is 2.69 bits per heavy atom. The quantitative estimate of drug-likeness (QED) is 0.687. The van der Waals surface area contributed by atoms with Crippen LogP contribution in [-0.2, 0) is 11.2 Å². The number of hydrogen-bond donors (Lipinski definition) is 0. The van der Waals surface area contributed by atoms with Crippen molar-refractivity contribution in [2.45, 2.75) is 6.42 Å². The summed E-state index contributed by atoms with van der Waals surface area (Å²) in [5, 5.41) is 0. The number of aromatic nitrogens is 1. The van der Waals surface area contributed by atoms with Gasteiger partial charge in [-0.15, -0.1) is 0 Å². The fraction of sp³-hybridized carbons (Fsp3) is 0.300. The van der Waals surface area contributed by atoms with E-state index in [1.165, 1.54) is 5.56 Å². The molecule has 0 aromatic carbocycles. The van der Waals surface area contributed by atoms with E-state index in [0.717, 1.165) is 6.42 Å². The van der Waals surface area contributed by atoms with E-state index in [9.17, 15) is 4.79 Å². The summed E-state index contributed by atoms with van der Waals surface area (Å²) < 4.78 is 0. The molecule has 13 heavy (non-hydrogen) atoms. The van der Waals surface area contributed by atoms with Crippen molar-refractivity contribution in [1.29, 1.82) is 0 Å². The second kappa shape index (κ2) is 4.60. The van der Waals surface area contributed by atoms with Crippen molar-refractivity contribution in [3.05, 3.63) is 37.0 Å². The number of likely N-dealkylation sites (N-methyl/N-ethyl adjacent to an activating group) is 1. The van der Waals surface area contributed by atoms with Crippen LogP contribution in [-0.4, -0.2) is 29.4 Å². The Balaban J connectivity index is 2.39. The lowest BCUT2D eigenvalue weighted by molar-refractivity contribution is -0.125. The summed E-state index contributed by atoms with van der Waals surface area (Å²) in [5.41, 5.74) is 1.18. The van der Waals surface area contributed by atoms with Gasteiger partial charge in [0.25, 0.3) is 0 Å². The number of carbonyl (C=O) groups excluding carboxylic acids is 1. The average molecular weight is 177 g/mol. The molecule has 0 bridgehead atoms. The molecule has 0 aliphatic heterocycles. The minimum absolute atomic E-state index is 0.144. The number of carbonyl (C=O) groups is 1. The van der Waals surface area contributed by atoms with E-state index in [1.807, 2.05) is 12.1 Å². The first kappa shape index (κ1) is 9.71. The van der Waals surface area contributed by atoms with E-state index >= 15 is 0 Å². The van der Waals surface area contributed by atoms with Crippen molar-refractivity contribution < 1.29 is 4.79 Å². The molecule has 3 nitrogen and oxygen atoms in total. The van der Waals surface area contributed by atoms with Crippen LogP contribution in [0.15, 0.2) is 24.5 Å². The van der Waals surface area contributed by atoms with E-state index in [2.05, 4.69) is 11.9 Å². The van der Waals surface area contributed by atoms with E-state index in [0.29, 0.717) is 6.54 Å². The van der Waals surface area contributed by atoms with Crippen molar-refractivity contribution >= 4 is 5.91 Å². The highest BCUT2D eigenvalue weighted by Crippen LogP contribution is 1.98. The fourth-order valence-corrected chi connectivity index (χ4v) is 0.971. The van der Waals surface area contributed by atoms with Crippen molar-refractivity contribution in [2.75, 3.05) is 13.6 Å². The summed E-state index contributed by atoms with van der Waals surface area (Å²) in [7, 11) is 1.75. The van der Waals surface area contributed by atoms with Crippen LogP contribution in [0.3, 0.4) is 0 Å². The first-order valence-corrected chi connectivity index (χ1v) is 4.16. The standard InChI is InChI=1S/C10H13N2O/c1-9(13)12(2)8-5-10-3-6-11-7-4-10/h3-4,6-7H,1,5,8H2,2H3. The van der Waals surface area contributed by atoms with Gasteiger partial charge in [-0.3, -0.25) is 9.78 Å². The van der Waals surface area contributed by atoms with Crippen LogP contribution >= 0.6 is 0 Å². The number of rotatable bonds is 3. The molecular formula is C10H13N2O. The lowest BCUT2D eigenvalue weighted by atomic mass is 10.2. The van der Waals surface area contributed by atoms with Gasteiger partial charge in [-0.05, 0) is 24.1 Å². The van der Waals surface area contributed by atoms with Crippen LogP contribution in [0.5, 0.6) is 0 Å². The van der Waals surface area contributed by atoms with Gasteiger partial charge >= 0.3 is 0 Å².